The quantitative estimate of drug-likeness (QED) is 0.881. The van der Waals surface area contributed by atoms with E-state index in [9.17, 15) is 4.79 Å². The number of hydrogen-bond acceptors (Lipinski definition) is 3. The van der Waals surface area contributed by atoms with Gasteiger partial charge in [0.15, 0.2) is 0 Å². The molecule has 2 aromatic carbocycles. The standard InChI is InChI=1S/C17H18N2O2S/c1-12-4-8-14(9-5-12)18-16(20)13-6-10-15(11-7-13)21-17(22)19(2)3/h4-11H,1-3H3,(H,18,20). The van der Waals surface area contributed by atoms with Gasteiger partial charge in [-0.05, 0) is 55.5 Å². The summed E-state index contributed by atoms with van der Waals surface area (Å²) in [6.45, 7) is 2.00. The highest BCUT2D eigenvalue weighted by molar-refractivity contribution is 7.80. The number of carbonyl (C=O) groups is 1. The second-order valence-electron chi connectivity index (χ2n) is 5.11. The van der Waals surface area contributed by atoms with Gasteiger partial charge in [0.05, 0.1) is 0 Å². The fourth-order valence-electron chi connectivity index (χ4n) is 1.71. The molecule has 2 rings (SSSR count). The van der Waals surface area contributed by atoms with Crippen LogP contribution in [0.1, 0.15) is 15.9 Å². The molecular formula is C17H18N2O2S. The summed E-state index contributed by atoms with van der Waals surface area (Å²) in [5.41, 5.74) is 2.48. The zero-order valence-corrected chi connectivity index (χ0v) is 13.6. The van der Waals surface area contributed by atoms with Crippen molar-refractivity contribution in [1.82, 2.24) is 4.90 Å². The van der Waals surface area contributed by atoms with Gasteiger partial charge < -0.3 is 15.0 Å². The molecule has 5 heteroatoms. The van der Waals surface area contributed by atoms with Crippen LogP contribution < -0.4 is 10.1 Å². The predicted octanol–water partition coefficient (Wildman–Crippen LogP) is 3.47. The van der Waals surface area contributed by atoms with Crippen molar-refractivity contribution in [1.29, 1.82) is 0 Å². The van der Waals surface area contributed by atoms with Gasteiger partial charge >= 0.3 is 0 Å². The fourth-order valence-corrected chi connectivity index (χ4v) is 1.80. The number of anilines is 1. The van der Waals surface area contributed by atoms with Crippen molar-refractivity contribution < 1.29 is 9.53 Å². The number of rotatable bonds is 3. The van der Waals surface area contributed by atoms with E-state index >= 15 is 0 Å². The smallest absolute Gasteiger partial charge is 0.264 e. The molecule has 22 heavy (non-hydrogen) atoms. The lowest BCUT2D eigenvalue weighted by Crippen LogP contribution is -2.25. The first-order chi connectivity index (χ1) is 10.5. The Labute approximate surface area is 135 Å². The van der Waals surface area contributed by atoms with Gasteiger partial charge in [0.2, 0.25) is 0 Å². The van der Waals surface area contributed by atoms with E-state index in [-0.39, 0.29) is 5.91 Å². The SMILES string of the molecule is Cc1ccc(NC(=O)c2ccc(OC(=S)N(C)C)cc2)cc1. The summed E-state index contributed by atoms with van der Waals surface area (Å²) >= 11 is 5.07. The molecule has 1 amide bonds. The molecule has 0 aliphatic rings. The third-order valence-corrected chi connectivity index (χ3v) is 3.44. The van der Waals surface area contributed by atoms with Crippen LogP contribution in [0.3, 0.4) is 0 Å². The molecule has 0 unspecified atom stereocenters. The van der Waals surface area contributed by atoms with Gasteiger partial charge in [-0.1, -0.05) is 17.7 Å². The van der Waals surface area contributed by atoms with E-state index in [4.69, 9.17) is 17.0 Å². The summed E-state index contributed by atoms with van der Waals surface area (Å²) in [4.78, 5) is 13.9. The van der Waals surface area contributed by atoms with Crippen molar-refractivity contribution in [2.24, 2.45) is 0 Å². The maximum absolute atomic E-state index is 12.2. The minimum atomic E-state index is -0.161. The highest BCUT2D eigenvalue weighted by Crippen LogP contribution is 2.15. The van der Waals surface area contributed by atoms with Crippen molar-refractivity contribution in [2.75, 3.05) is 19.4 Å². The van der Waals surface area contributed by atoms with E-state index in [0.29, 0.717) is 16.5 Å². The zero-order chi connectivity index (χ0) is 16.1. The van der Waals surface area contributed by atoms with Crippen molar-refractivity contribution >= 4 is 29.0 Å². The number of benzene rings is 2. The van der Waals surface area contributed by atoms with Crippen LogP contribution >= 0.6 is 12.2 Å². The lowest BCUT2D eigenvalue weighted by atomic mass is 10.2. The van der Waals surface area contributed by atoms with Crippen LogP contribution in [0.25, 0.3) is 0 Å². The number of nitrogens with one attached hydrogen (secondary N) is 1. The molecule has 0 spiro atoms. The molecule has 0 aliphatic heterocycles. The molecule has 114 valence electrons. The molecule has 1 N–H and O–H groups in total. The van der Waals surface area contributed by atoms with Gasteiger partial charge in [-0.25, -0.2) is 0 Å². The molecule has 0 fully saturated rings. The van der Waals surface area contributed by atoms with Crippen LogP contribution in [0, 0.1) is 6.92 Å². The van der Waals surface area contributed by atoms with Crippen LogP contribution in [0.2, 0.25) is 0 Å². The Bertz CT molecular complexity index is 664. The van der Waals surface area contributed by atoms with Crippen LogP contribution in [0.15, 0.2) is 48.5 Å². The summed E-state index contributed by atoms with van der Waals surface area (Å²) in [7, 11) is 3.62. The number of thiocarbonyl (C=S) groups is 1. The van der Waals surface area contributed by atoms with E-state index in [0.717, 1.165) is 11.3 Å². The van der Waals surface area contributed by atoms with Crippen molar-refractivity contribution in [2.45, 2.75) is 6.92 Å². The molecule has 0 radical (unpaired) electrons. The minimum Gasteiger partial charge on any atom is -0.432 e. The predicted molar refractivity (Wildman–Crippen MR) is 92.5 cm³/mol. The minimum absolute atomic E-state index is 0.161. The summed E-state index contributed by atoms with van der Waals surface area (Å²) < 4.78 is 5.47. The third-order valence-electron chi connectivity index (χ3n) is 3.00. The van der Waals surface area contributed by atoms with Crippen molar-refractivity contribution in [3.63, 3.8) is 0 Å². The first-order valence-electron chi connectivity index (χ1n) is 6.83. The Kier molecular flexibility index (Phi) is 5.12. The van der Waals surface area contributed by atoms with Gasteiger partial charge in [-0.2, -0.15) is 0 Å². The summed E-state index contributed by atoms with van der Waals surface area (Å²) in [5.74, 6) is 0.441. The van der Waals surface area contributed by atoms with E-state index in [1.165, 1.54) is 0 Å². The molecule has 0 saturated heterocycles. The second kappa shape index (κ2) is 7.04. The Morgan fingerprint density at radius 1 is 1.05 bits per heavy atom. The number of aryl methyl sites for hydroxylation is 1. The van der Waals surface area contributed by atoms with E-state index in [1.807, 2.05) is 45.3 Å². The number of ether oxygens (including phenoxy) is 1. The average molecular weight is 314 g/mol. The largest absolute Gasteiger partial charge is 0.432 e. The first kappa shape index (κ1) is 16.0. The molecule has 0 aliphatic carbocycles. The summed E-state index contributed by atoms with van der Waals surface area (Å²) in [5, 5.41) is 3.22. The number of nitrogens with zero attached hydrogens (tertiary/aromatic N) is 1. The van der Waals surface area contributed by atoms with Crippen molar-refractivity contribution in [3.05, 3.63) is 59.7 Å². The van der Waals surface area contributed by atoms with Gasteiger partial charge in [0.1, 0.15) is 5.75 Å². The van der Waals surface area contributed by atoms with Crippen molar-refractivity contribution in [3.8, 4) is 5.75 Å². The molecule has 0 saturated carbocycles. The number of carbonyl (C=O) groups excluding carboxylic acids is 1. The molecule has 0 atom stereocenters. The summed E-state index contributed by atoms with van der Waals surface area (Å²) in [6.07, 6.45) is 0. The number of hydrogen-bond donors (Lipinski definition) is 1. The highest BCUT2D eigenvalue weighted by Gasteiger charge is 2.07. The van der Waals surface area contributed by atoms with Crippen LogP contribution in [-0.2, 0) is 0 Å². The highest BCUT2D eigenvalue weighted by atomic mass is 32.1. The monoisotopic (exact) mass is 314 g/mol. The average Bonchev–Trinajstić information content (AvgIpc) is 2.50. The molecule has 4 nitrogen and oxygen atoms in total. The van der Waals surface area contributed by atoms with Gasteiger partial charge in [0, 0.05) is 25.3 Å². The third kappa shape index (κ3) is 4.30. The molecule has 0 heterocycles. The lowest BCUT2D eigenvalue weighted by Gasteiger charge is -2.14. The van der Waals surface area contributed by atoms with E-state index in [1.54, 1.807) is 29.2 Å². The van der Waals surface area contributed by atoms with Gasteiger partial charge in [-0.15, -0.1) is 0 Å². The second-order valence-corrected chi connectivity index (χ2v) is 5.46. The number of amides is 1. The molecule has 2 aromatic rings. The Morgan fingerprint density at radius 3 is 2.18 bits per heavy atom. The molecule has 0 aromatic heterocycles. The molecular weight excluding hydrogens is 296 g/mol. The normalized spacial score (nSPS) is 9.95. The zero-order valence-electron chi connectivity index (χ0n) is 12.8. The maximum Gasteiger partial charge on any atom is 0.264 e. The van der Waals surface area contributed by atoms with Crippen LogP contribution in [0.5, 0.6) is 5.75 Å². The maximum atomic E-state index is 12.2. The van der Waals surface area contributed by atoms with Crippen LogP contribution in [-0.4, -0.2) is 30.1 Å². The Balaban J connectivity index is 2.02. The van der Waals surface area contributed by atoms with Gasteiger partial charge in [0.25, 0.3) is 11.1 Å². The Morgan fingerprint density at radius 2 is 1.64 bits per heavy atom. The fraction of sp³-hybridized carbons (Fsp3) is 0.176. The Hall–Kier alpha value is -2.40. The van der Waals surface area contributed by atoms with E-state index in [2.05, 4.69) is 5.32 Å². The summed E-state index contributed by atoms with van der Waals surface area (Å²) in [6, 6.07) is 14.5. The topological polar surface area (TPSA) is 41.6 Å². The van der Waals surface area contributed by atoms with Gasteiger partial charge in [-0.3, -0.25) is 4.79 Å². The van der Waals surface area contributed by atoms with Crippen LogP contribution in [0.4, 0.5) is 5.69 Å². The van der Waals surface area contributed by atoms with E-state index < -0.39 is 0 Å². The first-order valence-corrected chi connectivity index (χ1v) is 7.24. The molecule has 0 bridgehead atoms. The lowest BCUT2D eigenvalue weighted by molar-refractivity contribution is 0.102.